The SMILES string of the molecule is CCc1ccc(NC(=O)[C@H](C)N2CCN(CCOc3ccc(Cl)cc3)CC2)cc1. The van der Waals surface area contributed by atoms with E-state index in [1.165, 1.54) is 5.56 Å². The molecule has 2 aromatic rings. The molecule has 1 aliphatic heterocycles. The lowest BCUT2D eigenvalue weighted by Crippen LogP contribution is -2.53. The first-order valence-corrected chi connectivity index (χ1v) is 10.7. The van der Waals surface area contributed by atoms with Crippen LogP contribution in [0.3, 0.4) is 0 Å². The summed E-state index contributed by atoms with van der Waals surface area (Å²) in [4.78, 5) is 17.2. The highest BCUT2D eigenvalue weighted by molar-refractivity contribution is 6.30. The normalized spacial score (nSPS) is 16.4. The van der Waals surface area contributed by atoms with E-state index in [-0.39, 0.29) is 11.9 Å². The number of nitrogens with one attached hydrogen (secondary N) is 1. The maximum absolute atomic E-state index is 12.6. The smallest absolute Gasteiger partial charge is 0.241 e. The van der Waals surface area contributed by atoms with Crippen LogP contribution < -0.4 is 10.1 Å². The molecule has 3 rings (SSSR count). The second-order valence-electron chi connectivity index (χ2n) is 7.40. The maximum atomic E-state index is 12.6. The number of anilines is 1. The summed E-state index contributed by atoms with van der Waals surface area (Å²) >= 11 is 5.89. The lowest BCUT2D eigenvalue weighted by molar-refractivity contribution is -0.121. The van der Waals surface area contributed by atoms with E-state index in [2.05, 4.69) is 34.2 Å². The fraction of sp³-hybridized carbons (Fsp3) is 0.435. The van der Waals surface area contributed by atoms with Crippen LogP contribution >= 0.6 is 11.6 Å². The highest BCUT2D eigenvalue weighted by atomic mass is 35.5. The van der Waals surface area contributed by atoms with Crippen molar-refractivity contribution in [2.24, 2.45) is 0 Å². The van der Waals surface area contributed by atoms with Crippen molar-refractivity contribution >= 4 is 23.2 Å². The lowest BCUT2D eigenvalue weighted by atomic mass is 10.1. The van der Waals surface area contributed by atoms with Crippen LogP contribution in [0.15, 0.2) is 48.5 Å². The molecule has 0 spiro atoms. The Morgan fingerprint density at radius 2 is 1.72 bits per heavy atom. The minimum Gasteiger partial charge on any atom is -0.492 e. The van der Waals surface area contributed by atoms with Crippen molar-refractivity contribution in [2.45, 2.75) is 26.3 Å². The number of rotatable bonds is 8. The molecule has 0 bridgehead atoms. The van der Waals surface area contributed by atoms with Crippen molar-refractivity contribution in [3.63, 3.8) is 0 Å². The Labute approximate surface area is 178 Å². The summed E-state index contributed by atoms with van der Waals surface area (Å²) in [6, 6.07) is 15.4. The van der Waals surface area contributed by atoms with Crippen LogP contribution in [-0.2, 0) is 11.2 Å². The summed E-state index contributed by atoms with van der Waals surface area (Å²) in [5.41, 5.74) is 2.13. The Morgan fingerprint density at radius 3 is 2.34 bits per heavy atom. The van der Waals surface area contributed by atoms with Gasteiger partial charge in [0.15, 0.2) is 0 Å². The van der Waals surface area contributed by atoms with Gasteiger partial charge in [0.1, 0.15) is 12.4 Å². The molecular weight excluding hydrogens is 386 g/mol. The van der Waals surface area contributed by atoms with Gasteiger partial charge in [-0.05, 0) is 55.3 Å². The first-order valence-electron chi connectivity index (χ1n) is 10.3. The van der Waals surface area contributed by atoms with Crippen molar-refractivity contribution in [3.8, 4) is 5.75 Å². The average molecular weight is 416 g/mol. The van der Waals surface area contributed by atoms with Gasteiger partial charge in [-0.3, -0.25) is 14.6 Å². The molecular formula is C23H30ClN3O2. The Kier molecular flexibility index (Phi) is 7.92. The van der Waals surface area contributed by atoms with Gasteiger partial charge in [-0.2, -0.15) is 0 Å². The van der Waals surface area contributed by atoms with E-state index in [1.54, 1.807) is 0 Å². The third-order valence-corrected chi connectivity index (χ3v) is 5.71. The minimum absolute atomic E-state index is 0.0498. The number of carbonyl (C=O) groups excluding carboxylic acids is 1. The highest BCUT2D eigenvalue weighted by Crippen LogP contribution is 2.16. The van der Waals surface area contributed by atoms with Crippen LogP contribution in [0.2, 0.25) is 5.02 Å². The second-order valence-corrected chi connectivity index (χ2v) is 7.83. The third-order valence-electron chi connectivity index (χ3n) is 5.45. The van der Waals surface area contributed by atoms with Crippen molar-refractivity contribution in [2.75, 3.05) is 44.6 Å². The van der Waals surface area contributed by atoms with Crippen LogP contribution in [-0.4, -0.2) is 61.1 Å². The van der Waals surface area contributed by atoms with Crippen LogP contribution in [0.1, 0.15) is 19.4 Å². The number of hydrogen-bond acceptors (Lipinski definition) is 4. The lowest BCUT2D eigenvalue weighted by Gasteiger charge is -2.37. The average Bonchev–Trinajstić information content (AvgIpc) is 2.75. The predicted octanol–water partition coefficient (Wildman–Crippen LogP) is 3.93. The van der Waals surface area contributed by atoms with Gasteiger partial charge >= 0.3 is 0 Å². The first-order chi connectivity index (χ1) is 14.0. The van der Waals surface area contributed by atoms with Gasteiger partial charge in [0.2, 0.25) is 5.91 Å². The molecule has 0 radical (unpaired) electrons. The largest absolute Gasteiger partial charge is 0.492 e. The van der Waals surface area contributed by atoms with E-state index >= 15 is 0 Å². The van der Waals surface area contributed by atoms with Crippen LogP contribution in [0.25, 0.3) is 0 Å². The number of hydrogen-bond donors (Lipinski definition) is 1. The number of amides is 1. The van der Waals surface area contributed by atoms with Gasteiger partial charge in [0, 0.05) is 43.4 Å². The molecule has 156 valence electrons. The molecule has 0 saturated carbocycles. The first kappa shape index (κ1) is 21.6. The van der Waals surface area contributed by atoms with Crippen molar-refractivity contribution in [1.29, 1.82) is 0 Å². The molecule has 0 unspecified atom stereocenters. The molecule has 1 saturated heterocycles. The Bertz CT molecular complexity index is 772. The number of nitrogens with zero attached hydrogens (tertiary/aromatic N) is 2. The molecule has 1 N–H and O–H groups in total. The highest BCUT2D eigenvalue weighted by Gasteiger charge is 2.25. The topological polar surface area (TPSA) is 44.8 Å². The number of aryl methyl sites for hydroxylation is 1. The molecule has 29 heavy (non-hydrogen) atoms. The fourth-order valence-electron chi connectivity index (χ4n) is 3.43. The van der Waals surface area contributed by atoms with E-state index in [9.17, 15) is 4.79 Å². The molecule has 1 amide bonds. The van der Waals surface area contributed by atoms with E-state index in [1.807, 2.05) is 43.3 Å². The molecule has 5 nitrogen and oxygen atoms in total. The quantitative estimate of drug-likeness (QED) is 0.709. The molecule has 2 aromatic carbocycles. The zero-order valence-corrected chi connectivity index (χ0v) is 18.0. The molecule has 0 aromatic heterocycles. The van der Waals surface area contributed by atoms with Crippen molar-refractivity contribution in [3.05, 3.63) is 59.1 Å². The van der Waals surface area contributed by atoms with E-state index in [4.69, 9.17) is 16.3 Å². The summed E-state index contributed by atoms with van der Waals surface area (Å²) in [6.07, 6.45) is 1.000. The van der Waals surface area contributed by atoms with Gasteiger partial charge in [0.25, 0.3) is 0 Å². The number of piperazine rings is 1. The second kappa shape index (κ2) is 10.6. The summed E-state index contributed by atoms with van der Waals surface area (Å²) in [6.45, 7) is 9.26. The number of halogens is 1. The standard InChI is InChI=1S/C23H30ClN3O2/c1-3-19-4-8-21(9-5-19)25-23(28)18(2)27-14-12-26(13-15-27)16-17-29-22-10-6-20(24)7-11-22/h4-11,18H,3,12-17H2,1-2H3,(H,25,28)/t18-/m0/s1. The van der Waals surface area contributed by atoms with E-state index in [0.29, 0.717) is 11.6 Å². The Morgan fingerprint density at radius 1 is 1.07 bits per heavy atom. The monoisotopic (exact) mass is 415 g/mol. The van der Waals surface area contributed by atoms with Gasteiger partial charge in [-0.1, -0.05) is 30.7 Å². The summed E-state index contributed by atoms with van der Waals surface area (Å²) in [5, 5.41) is 3.75. The van der Waals surface area contributed by atoms with Gasteiger partial charge in [0.05, 0.1) is 6.04 Å². The zero-order chi connectivity index (χ0) is 20.6. The Balaban J connectivity index is 1.38. The summed E-state index contributed by atoms with van der Waals surface area (Å²) < 4.78 is 5.78. The van der Waals surface area contributed by atoms with Crippen LogP contribution in [0, 0.1) is 0 Å². The number of carbonyl (C=O) groups is 1. The molecule has 1 heterocycles. The fourth-order valence-corrected chi connectivity index (χ4v) is 3.56. The van der Waals surface area contributed by atoms with E-state index < -0.39 is 0 Å². The summed E-state index contributed by atoms with van der Waals surface area (Å²) in [7, 11) is 0. The maximum Gasteiger partial charge on any atom is 0.241 e. The van der Waals surface area contributed by atoms with Crippen molar-refractivity contribution in [1.82, 2.24) is 9.80 Å². The molecule has 1 atom stereocenters. The molecule has 6 heteroatoms. The Hall–Kier alpha value is -2.08. The van der Waals surface area contributed by atoms with Crippen molar-refractivity contribution < 1.29 is 9.53 Å². The molecule has 0 aliphatic carbocycles. The third kappa shape index (κ3) is 6.46. The van der Waals surface area contributed by atoms with Crippen LogP contribution in [0.4, 0.5) is 5.69 Å². The summed E-state index contributed by atoms with van der Waals surface area (Å²) in [5.74, 6) is 0.888. The van der Waals surface area contributed by atoms with Gasteiger partial charge in [-0.15, -0.1) is 0 Å². The zero-order valence-electron chi connectivity index (χ0n) is 17.2. The van der Waals surface area contributed by atoms with Gasteiger partial charge in [-0.25, -0.2) is 0 Å². The number of benzene rings is 2. The van der Waals surface area contributed by atoms with E-state index in [0.717, 1.165) is 50.6 Å². The number of ether oxygens (including phenoxy) is 1. The predicted molar refractivity (Wildman–Crippen MR) is 119 cm³/mol. The molecule has 1 aliphatic rings. The molecule has 1 fully saturated rings. The minimum atomic E-state index is -0.145. The van der Waals surface area contributed by atoms with Gasteiger partial charge < -0.3 is 10.1 Å². The van der Waals surface area contributed by atoms with Crippen LogP contribution in [0.5, 0.6) is 5.75 Å².